The van der Waals surface area contributed by atoms with E-state index in [-0.39, 0.29) is 5.41 Å². The smallest absolute Gasteiger partial charge is 0.0130 e. The normalized spacial score (nSPS) is 21.1. The van der Waals surface area contributed by atoms with E-state index in [1.54, 1.807) is 5.57 Å². The standard InChI is InChI=1S/C30H41I/c1-5-23(2)21-27(22-30(3,4)28-17-19-29(31)20-18-28)26-15-13-25(14-16-26)12-11-24-9-7-6-8-10-24/h6-10,17-21,25-27H,5,11-16,22H2,1-4H3/b23-21-. The summed E-state index contributed by atoms with van der Waals surface area (Å²) in [7, 11) is 0. The number of rotatable bonds is 9. The second-order valence-electron chi connectivity index (χ2n) is 10.4. The Morgan fingerprint density at radius 3 is 2.26 bits per heavy atom. The highest BCUT2D eigenvalue weighted by molar-refractivity contribution is 14.1. The minimum atomic E-state index is 0.212. The molecule has 2 aromatic carbocycles. The quantitative estimate of drug-likeness (QED) is 0.225. The summed E-state index contributed by atoms with van der Waals surface area (Å²) in [4.78, 5) is 0. The zero-order valence-corrected chi connectivity index (χ0v) is 22.2. The third-order valence-electron chi connectivity index (χ3n) is 7.61. The molecule has 1 atom stereocenters. The highest BCUT2D eigenvalue weighted by atomic mass is 127. The lowest BCUT2D eigenvalue weighted by Crippen LogP contribution is -2.28. The first-order valence-electron chi connectivity index (χ1n) is 12.3. The van der Waals surface area contributed by atoms with Crippen LogP contribution < -0.4 is 0 Å². The number of hydrogen-bond acceptors (Lipinski definition) is 0. The Labute approximate surface area is 205 Å². The van der Waals surface area contributed by atoms with Gasteiger partial charge in [0.2, 0.25) is 0 Å². The monoisotopic (exact) mass is 528 g/mol. The van der Waals surface area contributed by atoms with Crippen molar-refractivity contribution in [2.24, 2.45) is 17.8 Å². The van der Waals surface area contributed by atoms with Crippen LogP contribution in [-0.2, 0) is 11.8 Å². The van der Waals surface area contributed by atoms with Gasteiger partial charge in [-0.25, -0.2) is 0 Å². The predicted octanol–water partition coefficient (Wildman–Crippen LogP) is 9.37. The van der Waals surface area contributed by atoms with E-state index in [1.165, 1.54) is 66.1 Å². The minimum absolute atomic E-state index is 0.212. The second kappa shape index (κ2) is 11.7. The SMILES string of the molecule is CC/C(C)=C\C(CC(C)(C)c1ccc(I)cc1)C1CCC(CCc2ccccc2)CC1. The van der Waals surface area contributed by atoms with E-state index in [0.717, 1.165) is 11.8 Å². The van der Waals surface area contributed by atoms with Crippen LogP contribution in [0.2, 0.25) is 0 Å². The molecule has 1 aliphatic carbocycles. The van der Waals surface area contributed by atoms with Crippen molar-refractivity contribution in [2.75, 3.05) is 0 Å². The Kier molecular flexibility index (Phi) is 9.25. The molecule has 2 aromatic rings. The van der Waals surface area contributed by atoms with Crippen molar-refractivity contribution in [3.63, 3.8) is 0 Å². The molecule has 1 saturated carbocycles. The molecule has 0 N–H and O–H groups in total. The van der Waals surface area contributed by atoms with Crippen molar-refractivity contribution in [2.45, 2.75) is 84.5 Å². The summed E-state index contributed by atoms with van der Waals surface area (Å²) in [6.45, 7) is 9.52. The van der Waals surface area contributed by atoms with Gasteiger partial charge < -0.3 is 0 Å². The maximum Gasteiger partial charge on any atom is 0.0130 e. The average Bonchev–Trinajstić information content (AvgIpc) is 2.78. The van der Waals surface area contributed by atoms with Crippen LogP contribution in [0.25, 0.3) is 0 Å². The summed E-state index contributed by atoms with van der Waals surface area (Å²) >= 11 is 2.41. The van der Waals surface area contributed by atoms with Crippen LogP contribution in [0.4, 0.5) is 0 Å². The van der Waals surface area contributed by atoms with Crippen LogP contribution in [-0.4, -0.2) is 0 Å². The van der Waals surface area contributed by atoms with E-state index in [4.69, 9.17) is 0 Å². The molecule has 0 spiro atoms. The van der Waals surface area contributed by atoms with E-state index in [1.807, 2.05) is 0 Å². The number of hydrogen-bond donors (Lipinski definition) is 0. The van der Waals surface area contributed by atoms with Gasteiger partial charge in [-0.15, -0.1) is 0 Å². The fourth-order valence-electron chi connectivity index (χ4n) is 5.37. The summed E-state index contributed by atoms with van der Waals surface area (Å²) < 4.78 is 1.32. The molecule has 1 fully saturated rings. The van der Waals surface area contributed by atoms with E-state index < -0.39 is 0 Å². The van der Waals surface area contributed by atoms with Crippen molar-refractivity contribution in [1.29, 1.82) is 0 Å². The lowest BCUT2D eigenvalue weighted by atomic mass is 9.68. The molecule has 1 unspecified atom stereocenters. The van der Waals surface area contributed by atoms with Gasteiger partial charge in [0.15, 0.2) is 0 Å². The maximum atomic E-state index is 2.64. The van der Waals surface area contributed by atoms with Gasteiger partial charge in [0.1, 0.15) is 0 Å². The third kappa shape index (κ3) is 7.48. The Balaban J connectivity index is 1.62. The molecule has 168 valence electrons. The lowest BCUT2D eigenvalue weighted by molar-refractivity contribution is 0.198. The number of halogens is 1. The first-order chi connectivity index (χ1) is 14.9. The molecule has 3 rings (SSSR count). The van der Waals surface area contributed by atoms with E-state index in [2.05, 4.69) is 111 Å². The van der Waals surface area contributed by atoms with Crippen molar-refractivity contribution in [3.05, 3.63) is 80.9 Å². The van der Waals surface area contributed by atoms with Crippen LogP contribution in [0.5, 0.6) is 0 Å². The summed E-state index contributed by atoms with van der Waals surface area (Å²) in [5.74, 6) is 2.46. The molecule has 0 heterocycles. The topological polar surface area (TPSA) is 0 Å². The average molecular weight is 529 g/mol. The second-order valence-corrected chi connectivity index (χ2v) is 11.7. The number of allylic oxidation sites excluding steroid dienone is 2. The van der Waals surface area contributed by atoms with E-state index >= 15 is 0 Å². The Morgan fingerprint density at radius 1 is 1.00 bits per heavy atom. The number of aryl methyl sites for hydroxylation is 1. The van der Waals surface area contributed by atoms with Crippen LogP contribution in [0, 0.1) is 21.3 Å². The first-order valence-corrected chi connectivity index (χ1v) is 13.4. The van der Waals surface area contributed by atoms with Gasteiger partial charge in [-0.3, -0.25) is 0 Å². The fourth-order valence-corrected chi connectivity index (χ4v) is 5.73. The summed E-state index contributed by atoms with van der Waals surface area (Å²) in [6, 6.07) is 20.3. The highest BCUT2D eigenvalue weighted by Gasteiger charge is 2.31. The lowest BCUT2D eigenvalue weighted by Gasteiger charge is -2.37. The molecule has 0 nitrogen and oxygen atoms in total. The molecule has 1 aliphatic rings. The molecular formula is C30H41I. The highest BCUT2D eigenvalue weighted by Crippen LogP contribution is 2.42. The van der Waals surface area contributed by atoms with Crippen molar-refractivity contribution >= 4 is 22.6 Å². The largest absolute Gasteiger partial charge is 0.0822 e. The Morgan fingerprint density at radius 2 is 1.65 bits per heavy atom. The molecule has 0 amide bonds. The number of benzene rings is 2. The third-order valence-corrected chi connectivity index (χ3v) is 8.33. The van der Waals surface area contributed by atoms with E-state index in [9.17, 15) is 0 Å². The van der Waals surface area contributed by atoms with Gasteiger partial charge in [-0.2, -0.15) is 0 Å². The van der Waals surface area contributed by atoms with Gasteiger partial charge in [0.05, 0.1) is 0 Å². The zero-order valence-electron chi connectivity index (χ0n) is 20.0. The molecule has 31 heavy (non-hydrogen) atoms. The van der Waals surface area contributed by atoms with Crippen LogP contribution in [0.3, 0.4) is 0 Å². The van der Waals surface area contributed by atoms with Gasteiger partial charge in [0, 0.05) is 3.57 Å². The van der Waals surface area contributed by atoms with Crippen molar-refractivity contribution < 1.29 is 0 Å². The van der Waals surface area contributed by atoms with Gasteiger partial charge in [-0.05, 0) is 114 Å². The van der Waals surface area contributed by atoms with Crippen molar-refractivity contribution in [3.8, 4) is 0 Å². The molecular weight excluding hydrogens is 487 g/mol. The molecule has 0 radical (unpaired) electrons. The molecule has 0 saturated heterocycles. The molecule has 1 heteroatoms. The first kappa shape index (κ1) is 24.6. The van der Waals surface area contributed by atoms with Gasteiger partial charge in [-0.1, -0.05) is 87.7 Å². The van der Waals surface area contributed by atoms with Crippen LogP contribution >= 0.6 is 22.6 Å². The van der Waals surface area contributed by atoms with Crippen LogP contribution in [0.1, 0.15) is 83.8 Å². The zero-order chi connectivity index (χ0) is 22.3. The Hall–Kier alpha value is -1.09. The molecule has 0 aliphatic heterocycles. The molecule has 0 bridgehead atoms. The van der Waals surface area contributed by atoms with Gasteiger partial charge in [0.25, 0.3) is 0 Å². The summed E-state index contributed by atoms with van der Waals surface area (Å²) in [5.41, 5.74) is 4.76. The van der Waals surface area contributed by atoms with Crippen molar-refractivity contribution in [1.82, 2.24) is 0 Å². The summed E-state index contributed by atoms with van der Waals surface area (Å²) in [6.07, 6.45) is 13.3. The summed E-state index contributed by atoms with van der Waals surface area (Å²) in [5, 5.41) is 0. The molecule has 0 aromatic heterocycles. The minimum Gasteiger partial charge on any atom is -0.0822 e. The van der Waals surface area contributed by atoms with Gasteiger partial charge >= 0.3 is 0 Å². The fraction of sp³-hybridized carbons (Fsp3) is 0.533. The Bertz CT molecular complexity index is 807. The van der Waals surface area contributed by atoms with E-state index in [0.29, 0.717) is 5.92 Å². The predicted molar refractivity (Wildman–Crippen MR) is 145 cm³/mol. The van der Waals surface area contributed by atoms with Crippen LogP contribution in [0.15, 0.2) is 66.2 Å². The maximum absolute atomic E-state index is 2.64.